The van der Waals surface area contributed by atoms with E-state index in [1.54, 1.807) is 0 Å². The molecule has 0 saturated heterocycles. The maximum atomic E-state index is 7.21. The minimum atomic E-state index is 0.271. The van der Waals surface area contributed by atoms with Gasteiger partial charge in [0.25, 0.3) is 0 Å². The molecule has 0 aliphatic heterocycles. The summed E-state index contributed by atoms with van der Waals surface area (Å²) in [5.41, 5.74) is 1.63. The van der Waals surface area contributed by atoms with Crippen molar-refractivity contribution in [1.29, 1.82) is 0 Å². The van der Waals surface area contributed by atoms with Crippen molar-refractivity contribution in [1.82, 2.24) is 5.32 Å². The van der Waals surface area contributed by atoms with Gasteiger partial charge in [-0.2, -0.15) is 0 Å². The molecule has 1 fully saturated rings. The first-order valence-electron chi connectivity index (χ1n) is 7.77. The molecule has 2 heteroatoms. The van der Waals surface area contributed by atoms with E-state index in [0.717, 1.165) is 6.54 Å². The fraction of sp³-hybridized carbons (Fsp3) is 0.611. The number of rotatable bonds is 5. The van der Waals surface area contributed by atoms with Crippen molar-refractivity contribution in [3.05, 3.63) is 47.3 Å². The van der Waals surface area contributed by atoms with Crippen molar-refractivity contribution >= 4 is 0 Å². The van der Waals surface area contributed by atoms with E-state index in [1.807, 2.05) is 0 Å². The summed E-state index contributed by atoms with van der Waals surface area (Å²) in [6, 6.07) is 11.2. The van der Waals surface area contributed by atoms with Gasteiger partial charge in [0, 0.05) is 18.0 Å². The Morgan fingerprint density at radius 3 is 2.45 bits per heavy atom. The molecule has 0 spiro atoms. The summed E-state index contributed by atoms with van der Waals surface area (Å²) in [6.45, 7) is 13.4. The van der Waals surface area contributed by atoms with E-state index in [9.17, 15) is 0 Å². The minimum absolute atomic E-state index is 0.271. The van der Waals surface area contributed by atoms with Crippen molar-refractivity contribution in [3.8, 4) is 0 Å². The van der Waals surface area contributed by atoms with Gasteiger partial charge in [-0.15, -0.1) is 0 Å². The van der Waals surface area contributed by atoms with Gasteiger partial charge in [-0.1, -0.05) is 44.2 Å². The molecule has 0 heterocycles. The normalized spacial score (nSPS) is 26.4. The predicted octanol–water partition coefficient (Wildman–Crippen LogP) is 4.28. The van der Waals surface area contributed by atoms with Crippen LogP contribution in [0.1, 0.15) is 45.1 Å². The average Bonchev–Trinajstić information content (AvgIpc) is 2.48. The lowest BCUT2D eigenvalue weighted by molar-refractivity contribution is 0.119. The Morgan fingerprint density at radius 1 is 1.25 bits per heavy atom. The molecule has 2 rings (SSSR count). The highest BCUT2D eigenvalue weighted by atomic mass is 14.9. The van der Waals surface area contributed by atoms with Gasteiger partial charge in [0.2, 0.25) is 6.54 Å². The maximum absolute atomic E-state index is 7.21. The Morgan fingerprint density at radius 2 is 1.90 bits per heavy atom. The second kappa shape index (κ2) is 6.90. The first-order valence-corrected chi connectivity index (χ1v) is 7.77. The van der Waals surface area contributed by atoms with Crippen LogP contribution in [-0.4, -0.2) is 12.6 Å². The second-order valence-electron chi connectivity index (χ2n) is 6.47. The summed E-state index contributed by atoms with van der Waals surface area (Å²) < 4.78 is 0. The minimum Gasteiger partial charge on any atom is -0.316 e. The van der Waals surface area contributed by atoms with Gasteiger partial charge >= 0.3 is 0 Å². The van der Waals surface area contributed by atoms with Crippen LogP contribution in [0, 0.1) is 17.9 Å². The van der Waals surface area contributed by atoms with E-state index in [2.05, 4.69) is 54.3 Å². The molecule has 0 atom stereocenters. The number of nitrogens with zero attached hydrogens (tertiary/aromatic N) is 1. The van der Waals surface area contributed by atoms with Crippen molar-refractivity contribution < 1.29 is 0 Å². The van der Waals surface area contributed by atoms with Crippen LogP contribution in [-0.2, 0) is 6.54 Å². The van der Waals surface area contributed by atoms with Crippen LogP contribution in [0.3, 0.4) is 0 Å². The van der Waals surface area contributed by atoms with Gasteiger partial charge in [0.15, 0.2) is 0 Å². The molecule has 0 radical (unpaired) electrons. The van der Waals surface area contributed by atoms with Crippen molar-refractivity contribution in [3.63, 3.8) is 0 Å². The summed E-state index contributed by atoms with van der Waals surface area (Å²) >= 11 is 0. The molecule has 2 nitrogen and oxygen atoms in total. The van der Waals surface area contributed by atoms with Crippen LogP contribution in [0.2, 0.25) is 0 Å². The van der Waals surface area contributed by atoms with Gasteiger partial charge in [-0.3, -0.25) is 0 Å². The quantitative estimate of drug-likeness (QED) is 0.790. The van der Waals surface area contributed by atoms with E-state index in [4.69, 9.17) is 6.57 Å². The summed E-state index contributed by atoms with van der Waals surface area (Å²) in [5.74, 6) is 0.617. The largest absolute Gasteiger partial charge is 0.316 e. The molecule has 1 aromatic carbocycles. The third-order valence-corrected chi connectivity index (χ3v) is 5.04. The van der Waals surface area contributed by atoms with Gasteiger partial charge in [0.05, 0.1) is 0 Å². The van der Waals surface area contributed by atoms with E-state index in [1.165, 1.54) is 31.2 Å². The molecule has 0 bridgehead atoms. The van der Waals surface area contributed by atoms with E-state index < -0.39 is 0 Å². The molecule has 108 valence electrons. The molecule has 1 N–H and O–H groups in total. The molecule has 1 saturated carbocycles. The number of hydrogen-bond donors (Lipinski definition) is 1. The lowest BCUT2D eigenvalue weighted by atomic mass is 9.66. The van der Waals surface area contributed by atoms with Gasteiger partial charge in [-0.25, -0.2) is 6.57 Å². The van der Waals surface area contributed by atoms with Crippen molar-refractivity contribution in [2.24, 2.45) is 11.3 Å². The Balaban J connectivity index is 1.83. The Bertz CT molecular complexity index is 436. The molecule has 1 aliphatic carbocycles. The Labute approximate surface area is 123 Å². The van der Waals surface area contributed by atoms with Crippen LogP contribution in [0.15, 0.2) is 30.3 Å². The fourth-order valence-electron chi connectivity index (χ4n) is 3.33. The predicted molar refractivity (Wildman–Crippen MR) is 84.3 cm³/mol. The first kappa shape index (κ1) is 15.1. The van der Waals surface area contributed by atoms with E-state index in [-0.39, 0.29) is 5.41 Å². The number of nitrogens with one attached hydrogen (secondary N) is 1. The zero-order chi connectivity index (χ0) is 14.4. The monoisotopic (exact) mass is 270 g/mol. The summed E-state index contributed by atoms with van der Waals surface area (Å²) in [4.78, 5) is 3.70. The van der Waals surface area contributed by atoms with Gasteiger partial charge in [-0.05, 0) is 37.2 Å². The summed E-state index contributed by atoms with van der Waals surface area (Å²) in [5, 5.41) is 3.68. The van der Waals surface area contributed by atoms with Crippen molar-refractivity contribution in [2.75, 3.05) is 6.54 Å². The standard InChI is InChI=1S/C18H26N2/c1-15(2)18(14-19-3)11-9-17(10-12-18)20-13-16-7-5-4-6-8-16/h4-8,15,17,20H,9-14H2,1-2H3. The zero-order valence-corrected chi connectivity index (χ0v) is 12.7. The third-order valence-electron chi connectivity index (χ3n) is 5.04. The highest BCUT2D eigenvalue weighted by molar-refractivity contribution is 5.14. The molecule has 0 amide bonds. The van der Waals surface area contributed by atoms with Crippen LogP contribution in [0.25, 0.3) is 4.85 Å². The fourth-order valence-corrected chi connectivity index (χ4v) is 3.33. The number of benzene rings is 1. The maximum Gasteiger partial charge on any atom is 0.220 e. The van der Waals surface area contributed by atoms with Crippen molar-refractivity contribution in [2.45, 2.75) is 52.1 Å². The second-order valence-corrected chi connectivity index (χ2v) is 6.47. The van der Waals surface area contributed by atoms with E-state index in [0.29, 0.717) is 18.5 Å². The highest BCUT2D eigenvalue weighted by Crippen LogP contribution is 2.42. The van der Waals surface area contributed by atoms with Crippen LogP contribution in [0.5, 0.6) is 0 Å². The highest BCUT2D eigenvalue weighted by Gasteiger charge is 2.40. The smallest absolute Gasteiger partial charge is 0.220 e. The molecule has 0 unspecified atom stereocenters. The average molecular weight is 270 g/mol. The van der Waals surface area contributed by atoms with Gasteiger partial charge < -0.3 is 10.2 Å². The molecular weight excluding hydrogens is 244 g/mol. The molecule has 1 aliphatic rings. The van der Waals surface area contributed by atoms with Gasteiger partial charge in [0.1, 0.15) is 0 Å². The Kier molecular flexibility index (Phi) is 5.20. The topological polar surface area (TPSA) is 16.4 Å². The van der Waals surface area contributed by atoms with Crippen LogP contribution in [0.4, 0.5) is 0 Å². The molecular formula is C18H26N2. The van der Waals surface area contributed by atoms with Crippen LogP contribution >= 0.6 is 0 Å². The zero-order valence-electron chi connectivity index (χ0n) is 12.7. The molecule has 20 heavy (non-hydrogen) atoms. The molecule has 0 aromatic heterocycles. The Hall–Kier alpha value is -1.33. The number of hydrogen-bond acceptors (Lipinski definition) is 1. The lowest BCUT2D eigenvalue weighted by Crippen LogP contribution is -2.41. The molecule has 1 aromatic rings. The van der Waals surface area contributed by atoms with Crippen LogP contribution < -0.4 is 5.32 Å². The van der Waals surface area contributed by atoms with E-state index >= 15 is 0 Å². The summed E-state index contributed by atoms with van der Waals surface area (Å²) in [6.07, 6.45) is 4.81. The first-order chi connectivity index (χ1) is 9.66. The third kappa shape index (κ3) is 3.61. The SMILES string of the molecule is [C-]#[N+]CC1(C(C)C)CCC(NCc2ccccc2)CC1. The summed E-state index contributed by atoms with van der Waals surface area (Å²) in [7, 11) is 0. The lowest BCUT2D eigenvalue weighted by Gasteiger charge is -2.40.